The van der Waals surface area contributed by atoms with E-state index in [2.05, 4.69) is 19.2 Å². The molecule has 0 unspecified atom stereocenters. The normalized spacial score (nSPS) is 16.9. The highest BCUT2D eigenvalue weighted by atomic mass is 16.2. The van der Waals surface area contributed by atoms with E-state index in [1.807, 2.05) is 35.2 Å². The summed E-state index contributed by atoms with van der Waals surface area (Å²) < 4.78 is 0. The van der Waals surface area contributed by atoms with Crippen LogP contribution in [0.4, 0.5) is 10.5 Å². The molecule has 98 valence electrons. The minimum absolute atomic E-state index is 0.0309. The van der Waals surface area contributed by atoms with Gasteiger partial charge in [-0.3, -0.25) is 0 Å². The number of piperidine rings is 1. The fraction of sp³-hybridized carbons (Fsp3) is 0.533. The number of anilines is 1. The monoisotopic (exact) mass is 246 g/mol. The zero-order chi connectivity index (χ0) is 13.0. The van der Waals surface area contributed by atoms with Crippen LogP contribution in [0.5, 0.6) is 0 Å². The van der Waals surface area contributed by atoms with Gasteiger partial charge in [-0.1, -0.05) is 32.0 Å². The Morgan fingerprint density at radius 1 is 1.22 bits per heavy atom. The molecule has 0 aromatic heterocycles. The Hall–Kier alpha value is -1.51. The van der Waals surface area contributed by atoms with Crippen molar-refractivity contribution in [3.05, 3.63) is 30.3 Å². The maximum atomic E-state index is 12.1. The van der Waals surface area contributed by atoms with Gasteiger partial charge in [-0.25, -0.2) is 4.79 Å². The molecule has 1 aliphatic rings. The van der Waals surface area contributed by atoms with Crippen LogP contribution in [-0.2, 0) is 0 Å². The van der Waals surface area contributed by atoms with Gasteiger partial charge in [-0.2, -0.15) is 0 Å². The molecule has 1 fully saturated rings. The van der Waals surface area contributed by atoms with Crippen molar-refractivity contribution in [2.45, 2.75) is 26.7 Å². The molecule has 2 amide bonds. The van der Waals surface area contributed by atoms with Gasteiger partial charge in [0.2, 0.25) is 0 Å². The predicted molar refractivity (Wildman–Crippen MR) is 74.6 cm³/mol. The molecule has 0 atom stereocenters. The number of hydrogen-bond acceptors (Lipinski definition) is 1. The van der Waals surface area contributed by atoms with Crippen LogP contribution in [-0.4, -0.2) is 24.0 Å². The standard InChI is InChI=1S/C15H22N2O/c1-12(2)13-8-10-17(11-9-13)15(18)16-14-6-4-3-5-7-14/h3-7,12-13H,8-11H2,1-2H3,(H,16,18). The van der Waals surface area contributed by atoms with Gasteiger partial charge in [0.15, 0.2) is 0 Å². The summed E-state index contributed by atoms with van der Waals surface area (Å²) in [4.78, 5) is 14.0. The third-order valence-corrected chi connectivity index (χ3v) is 3.79. The van der Waals surface area contributed by atoms with Crippen LogP contribution in [0, 0.1) is 11.8 Å². The van der Waals surface area contributed by atoms with Crippen molar-refractivity contribution in [2.75, 3.05) is 18.4 Å². The van der Waals surface area contributed by atoms with Gasteiger partial charge < -0.3 is 10.2 Å². The first-order chi connectivity index (χ1) is 8.66. The van der Waals surface area contributed by atoms with E-state index in [4.69, 9.17) is 0 Å². The molecule has 3 nitrogen and oxygen atoms in total. The van der Waals surface area contributed by atoms with Crippen LogP contribution in [0.25, 0.3) is 0 Å². The van der Waals surface area contributed by atoms with Gasteiger partial charge in [0.05, 0.1) is 0 Å². The van der Waals surface area contributed by atoms with E-state index >= 15 is 0 Å². The maximum Gasteiger partial charge on any atom is 0.321 e. The molecular formula is C15H22N2O. The summed E-state index contributed by atoms with van der Waals surface area (Å²) in [5, 5.41) is 2.94. The van der Waals surface area contributed by atoms with E-state index in [1.165, 1.54) is 0 Å². The van der Waals surface area contributed by atoms with E-state index in [0.717, 1.165) is 43.5 Å². The van der Waals surface area contributed by atoms with Gasteiger partial charge in [0.25, 0.3) is 0 Å². The Labute approximate surface area is 109 Å². The molecule has 0 aliphatic carbocycles. The number of rotatable bonds is 2. The molecular weight excluding hydrogens is 224 g/mol. The number of nitrogens with zero attached hydrogens (tertiary/aromatic N) is 1. The largest absolute Gasteiger partial charge is 0.325 e. The van der Waals surface area contributed by atoms with Crippen LogP contribution in [0.15, 0.2) is 30.3 Å². The molecule has 2 rings (SSSR count). The van der Waals surface area contributed by atoms with Crippen LogP contribution in [0.3, 0.4) is 0 Å². The third kappa shape index (κ3) is 3.25. The summed E-state index contributed by atoms with van der Waals surface area (Å²) in [6.07, 6.45) is 2.25. The Balaban J connectivity index is 1.85. The third-order valence-electron chi connectivity index (χ3n) is 3.79. The van der Waals surface area contributed by atoms with Crippen LogP contribution in [0.2, 0.25) is 0 Å². The van der Waals surface area contributed by atoms with Crippen molar-refractivity contribution in [3.8, 4) is 0 Å². The Bertz CT molecular complexity index is 381. The van der Waals surface area contributed by atoms with E-state index in [0.29, 0.717) is 0 Å². The maximum absolute atomic E-state index is 12.1. The topological polar surface area (TPSA) is 32.3 Å². The van der Waals surface area contributed by atoms with Crippen molar-refractivity contribution in [2.24, 2.45) is 11.8 Å². The van der Waals surface area contributed by atoms with Gasteiger partial charge in [0.1, 0.15) is 0 Å². The summed E-state index contributed by atoms with van der Waals surface area (Å²) in [5.74, 6) is 1.50. The fourth-order valence-corrected chi connectivity index (χ4v) is 2.49. The van der Waals surface area contributed by atoms with Crippen molar-refractivity contribution in [1.82, 2.24) is 4.90 Å². The Morgan fingerprint density at radius 3 is 2.39 bits per heavy atom. The number of nitrogens with one attached hydrogen (secondary N) is 1. The summed E-state index contributed by atoms with van der Waals surface area (Å²) >= 11 is 0. The first kappa shape index (κ1) is 12.9. The number of benzene rings is 1. The molecule has 3 heteroatoms. The van der Waals surface area contributed by atoms with Crippen molar-refractivity contribution in [1.29, 1.82) is 0 Å². The lowest BCUT2D eigenvalue weighted by Crippen LogP contribution is -2.41. The first-order valence-electron chi connectivity index (χ1n) is 6.78. The van der Waals surface area contributed by atoms with Crippen molar-refractivity contribution >= 4 is 11.7 Å². The fourth-order valence-electron chi connectivity index (χ4n) is 2.49. The molecule has 1 aromatic carbocycles. The highest BCUT2D eigenvalue weighted by Gasteiger charge is 2.24. The lowest BCUT2D eigenvalue weighted by atomic mass is 9.87. The zero-order valence-electron chi connectivity index (χ0n) is 11.2. The van der Waals surface area contributed by atoms with E-state index in [-0.39, 0.29) is 6.03 Å². The highest BCUT2D eigenvalue weighted by Crippen LogP contribution is 2.24. The molecule has 0 saturated carbocycles. The molecule has 0 radical (unpaired) electrons. The molecule has 1 N–H and O–H groups in total. The number of carbonyl (C=O) groups is 1. The first-order valence-corrected chi connectivity index (χ1v) is 6.78. The number of likely N-dealkylation sites (tertiary alicyclic amines) is 1. The number of hydrogen-bond donors (Lipinski definition) is 1. The minimum Gasteiger partial charge on any atom is -0.325 e. The lowest BCUT2D eigenvalue weighted by Gasteiger charge is -2.33. The Morgan fingerprint density at radius 2 is 1.83 bits per heavy atom. The van der Waals surface area contributed by atoms with Gasteiger partial charge in [-0.05, 0) is 36.8 Å². The minimum atomic E-state index is 0.0309. The summed E-state index contributed by atoms with van der Waals surface area (Å²) in [6.45, 7) is 6.29. The van der Waals surface area contributed by atoms with E-state index < -0.39 is 0 Å². The molecule has 1 aliphatic heterocycles. The van der Waals surface area contributed by atoms with Crippen LogP contribution < -0.4 is 5.32 Å². The van der Waals surface area contributed by atoms with Gasteiger partial charge in [0, 0.05) is 18.8 Å². The zero-order valence-corrected chi connectivity index (χ0v) is 11.2. The molecule has 0 bridgehead atoms. The SMILES string of the molecule is CC(C)C1CCN(C(=O)Nc2ccccc2)CC1. The molecule has 18 heavy (non-hydrogen) atoms. The second-order valence-corrected chi connectivity index (χ2v) is 5.36. The second-order valence-electron chi connectivity index (χ2n) is 5.36. The summed E-state index contributed by atoms with van der Waals surface area (Å²) in [6, 6.07) is 9.67. The molecule has 1 aromatic rings. The van der Waals surface area contributed by atoms with Crippen LogP contribution >= 0.6 is 0 Å². The van der Waals surface area contributed by atoms with Gasteiger partial charge >= 0.3 is 6.03 Å². The van der Waals surface area contributed by atoms with Crippen molar-refractivity contribution in [3.63, 3.8) is 0 Å². The molecule has 1 saturated heterocycles. The van der Waals surface area contributed by atoms with Crippen LogP contribution in [0.1, 0.15) is 26.7 Å². The average Bonchev–Trinajstić information content (AvgIpc) is 2.40. The molecule has 0 spiro atoms. The summed E-state index contributed by atoms with van der Waals surface area (Å²) in [7, 11) is 0. The number of para-hydroxylation sites is 1. The lowest BCUT2D eigenvalue weighted by molar-refractivity contribution is 0.167. The smallest absolute Gasteiger partial charge is 0.321 e. The van der Waals surface area contributed by atoms with Crippen molar-refractivity contribution < 1.29 is 4.79 Å². The average molecular weight is 246 g/mol. The number of urea groups is 1. The predicted octanol–water partition coefficient (Wildman–Crippen LogP) is 3.59. The Kier molecular flexibility index (Phi) is 4.24. The highest BCUT2D eigenvalue weighted by molar-refractivity contribution is 5.89. The van der Waals surface area contributed by atoms with E-state index in [1.54, 1.807) is 0 Å². The second kappa shape index (κ2) is 5.89. The van der Waals surface area contributed by atoms with E-state index in [9.17, 15) is 4.79 Å². The van der Waals surface area contributed by atoms with Gasteiger partial charge in [-0.15, -0.1) is 0 Å². The molecule has 1 heterocycles. The quantitative estimate of drug-likeness (QED) is 0.849. The number of amides is 2. The summed E-state index contributed by atoms with van der Waals surface area (Å²) in [5.41, 5.74) is 0.869. The number of carbonyl (C=O) groups excluding carboxylic acids is 1.